The lowest BCUT2D eigenvalue weighted by atomic mass is 9.85. The highest BCUT2D eigenvalue weighted by Gasteiger charge is 2.26. The Morgan fingerprint density at radius 3 is 2.94 bits per heavy atom. The van der Waals surface area contributed by atoms with Crippen molar-refractivity contribution in [1.29, 1.82) is 0 Å². The Morgan fingerprint density at radius 2 is 2.24 bits per heavy atom. The SMILES string of the molecule is O=C(NC1CCCCC1CCl)c1ccccn1. The quantitative estimate of drug-likeness (QED) is 0.841. The Kier molecular flexibility index (Phi) is 4.37. The zero-order valence-corrected chi connectivity index (χ0v) is 10.5. The van der Waals surface area contributed by atoms with Crippen LogP contribution in [0.25, 0.3) is 0 Å². The second-order valence-electron chi connectivity index (χ2n) is 4.49. The lowest BCUT2D eigenvalue weighted by molar-refractivity contribution is 0.0906. The number of alkyl halides is 1. The largest absolute Gasteiger partial charge is 0.348 e. The smallest absolute Gasteiger partial charge is 0.270 e. The highest BCUT2D eigenvalue weighted by molar-refractivity contribution is 6.18. The molecule has 1 aliphatic carbocycles. The number of nitrogens with one attached hydrogen (secondary N) is 1. The first kappa shape index (κ1) is 12.4. The fourth-order valence-corrected chi connectivity index (χ4v) is 2.69. The summed E-state index contributed by atoms with van der Waals surface area (Å²) in [6.07, 6.45) is 6.15. The Labute approximate surface area is 107 Å². The Balaban J connectivity index is 1.98. The maximum atomic E-state index is 12.0. The summed E-state index contributed by atoms with van der Waals surface area (Å²) in [5.74, 6) is 0.929. The molecular weight excluding hydrogens is 236 g/mol. The third-order valence-corrected chi connectivity index (χ3v) is 3.72. The number of rotatable bonds is 3. The fourth-order valence-electron chi connectivity index (χ4n) is 2.32. The fraction of sp³-hybridized carbons (Fsp3) is 0.538. The van der Waals surface area contributed by atoms with Gasteiger partial charge >= 0.3 is 0 Å². The number of aromatic nitrogens is 1. The van der Waals surface area contributed by atoms with E-state index in [9.17, 15) is 4.79 Å². The highest BCUT2D eigenvalue weighted by atomic mass is 35.5. The summed E-state index contributed by atoms with van der Waals surface area (Å²) in [6, 6.07) is 5.56. The minimum absolute atomic E-state index is 0.0902. The van der Waals surface area contributed by atoms with Gasteiger partial charge in [-0.15, -0.1) is 11.6 Å². The van der Waals surface area contributed by atoms with Gasteiger partial charge in [0.2, 0.25) is 0 Å². The first-order valence-corrected chi connectivity index (χ1v) is 6.62. The van der Waals surface area contributed by atoms with Crippen molar-refractivity contribution in [2.24, 2.45) is 5.92 Å². The summed E-state index contributed by atoms with van der Waals surface area (Å²) in [7, 11) is 0. The van der Waals surface area contributed by atoms with Crippen LogP contribution in [0.15, 0.2) is 24.4 Å². The van der Waals surface area contributed by atoms with Gasteiger partial charge in [-0.2, -0.15) is 0 Å². The van der Waals surface area contributed by atoms with Crippen molar-refractivity contribution in [3.63, 3.8) is 0 Å². The molecule has 2 rings (SSSR count). The molecule has 1 aromatic heterocycles. The predicted octanol–water partition coefficient (Wildman–Crippen LogP) is 2.61. The summed E-state index contributed by atoms with van der Waals surface area (Å²) in [5, 5.41) is 3.05. The summed E-state index contributed by atoms with van der Waals surface area (Å²) < 4.78 is 0. The van der Waals surface area contributed by atoms with E-state index in [1.54, 1.807) is 18.3 Å². The minimum atomic E-state index is -0.0902. The number of carbonyl (C=O) groups excluding carboxylic acids is 1. The highest BCUT2D eigenvalue weighted by Crippen LogP contribution is 2.25. The molecule has 2 atom stereocenters. The van der Waals surface area contributed by atoms with Crippen LogP contribution in [-0.2, 0) is 0 Å². The zero-order chi connectivity index (χ0) is 12.1. The van der Waals surface area contributed by atoms with Gasteiger partial charge < -0.3 is 5.32 Å². The van der Waals surface area contributed by atoms with Gasteiger partial charge in [-0.1, -0.05) is 18.9 Å². The van der Waals surface area contributed by atoms with E-state index in [1.807, 2.05) is 6.07 Å². The van der Waals surface area contributed by atoms with Crippen LogP contribution in [0.3, 0.4) is 0 Å². The molecule has 1 amide bonds. The van der Waals surface area contributed by atoms with Gasteiger partial charge in [0.15, 0.2) is 0 Å². The molecule has 0 aromatic carbocycles. The summed E-state index contributed by atoms with van der Waals surface area (Å²) in [4.78, 5) is 16.0. The first-order chi connectivity index (χ1) is 8.31. The number of carbonyl (C=O) groups is 1. The zero-order valence-electron chi connectivity index (χ0n) is 9.73. The van der Waals surface area contributed by atoms with E-state index in [0.717, 1.165) is 12.8 Å². The molecule has 0 bridgehead atoms. The summed E-state index contributed by atoms with van der Waals surface area (Å²) >= 11 is 5.94. The maximum Gasteiger partial charge on any atom is 0.270 e. The van der Waals surface area contributed by atoms with Crippen LogP contribution in [-0.4, -0.2) is 22.8 Å². The van der Waals surface area contributed by atoms with E-state index in [0.29, 0.717) is 17.5 Å². The minimum Gasteiger partial charge on any atom is -0.348 e. The number of amides is 1. The van der Waals surface area contributed by atoms with Crippen LogP contribution in [0.5, 0.6) is 0 Å². The van der Waals surface area contributed by atoms with Crippen molar-refractivity contribution >= 4 is 17.5 Å². The molecule has 0 saturated heterocycles. The maximum absolute atomic E-state index is 12.0. The Hall–Kier alpha value is -1.09. The van der Waals surface area contributed by atoms with Crippen molar-refractivity contribution < 1.29 is 4.79 Å². The van der Waals surface area contributed by atoms with Gasteiger partial charge in [0.25, 0.3) is 5.91 Å². The van der Waals surface area contributed by atoms with Crippen LogP contribution in [0, 0.1) is 5.92 Å². The van der Waals surface area contributed by atoms with Crippen LogP contribution in [0.1, 0.15) is 36.2 Å². The number of nitrogens with zero attached hydrogens (tertiary/aromatic N) is 1. The second kappa shape index (κ2) is 6.01. The van der Waals surface area contributed by atoms with Gasteiger partial charge in [-0.25, -0.2) is 0 Å². The number of pyridine rings is 1. The van der Waals surface area contributed by atoms with Crippen LogP contribution >= 0.6 is 11.6 Å². The van der Waals surface area contributed by atoms with Crippen molar-refractivity contribution in [2.75, 3.05) is 5.88 Å². The molecule has 0 radical (unpaired) electrons. The first-order valence-electron chi connectivity index (χ1n) is 6.09. The molecule has 92 valence electrons. The normalized spacial score (nSPS) is 24.3. The van der Waals surface area contributed by atoms with Gasteiger partial charge in [-0.3, -0.25) is 9.78 Å². The third-order valence-electron chi connectivity index (χ3n) is 3.32. The predicted molar refractivity (Wildman–Crippen MR) is 68.2 cm³/mol. The van der Waals surface area contributed by atoms with E-state index in [2.05, 4.69) is 10.3 Å². The van der Waals surface area contributed by atoms with Crippen molar-refractivity contribution in [2.45, 2.75) is 31.7 Å². The molecule has 17 heavy (non-hydrogen) atoms. The molecule has 1 aliphatic rings. The van der Waals surface area contributed by atoms with Crippen molar-refractivity contribution in [1.82, 2.24) is 10.3 Å². The Bertz CT molecular complexity index is 369. The molecule has 1 aromatic rings. The van der Waals surface area contributed by atoms with E-state index >= 15 is 0 Å². The molecule has 1 heterocycles. The summed E-state index contributed by atoms with van der Waals surface area (Å²) in [6.45, 7) is 0. The number of halogens is 1. The standard InChI is InChI=1S/C13H17ClN2O/c14-9-10-5-1-2-6-11(10)16-13(17)12-7-3-4-8-15-12/h3-4,7-8,10-11H,1-2,5-6,9H2,(H,16,17). The van der Waals surface area contributed by atoms with Crippen LogP contribution in [0.4, 0.5) is 0 Å². The van der Waals surface area contributed by atoms with Crippen LogP contribution < -0.4 is 5.32 Å². The number of hydrogen-bond donors (Lipinski definition) is 1. The van der Waals surface area contributed by atoms with Gasteiger partial charge in [0.05, 0.1) is 0 Å². The molecule has 4 heteroatoms. The molecule has 0 spiro atoms. The third kappa shape index (κ3) is 3.19. The molecule has 0 aliphatic heterocycles. The molecule has 1 saturated carbocycles. The average molecular weight is 253 g/mol. The van der Waals surface area contributed by atoms with E-state index in [1.165, 1.54) is 12.8 Å². The van der Waals surface area contributed by atoms with Crippen molar-refractivity contribution in [3.05, 3.63) is 30.1 Å². The van der Waals surface area contributed by atoms with Crippen molar-refractivity contribution in [3.8, 4) is 0 Å². The average Bonchev–Trinajstić information content (AvgIpc) is 2.40. The van der Waals surface area contributed by atoms with E-state index in [4.69, 9.17) is 11.6 Å². The van der Waals surface area contributed by atoms with Gasteiger partial charge in [0, 0.05) is 18.1 Å². The molecular formula is C13H17ClN2O. The lowest BCUT2D eigenvalue weighted by Gasteiger charge is -2.30. The topological polar surface area (TPSA) is 42.0 Å². The lowest BCUT2D eigenvalue weighted by Crippen LogP contribution is -2.43. The molecule has 3 nitrogen and oxygen atoms in total. The van der Waals surface area contributed by atoms with Gasteiger partial charge in [0.1, 0.15) is 5.69 Å². The van der Waals surface area contributed by atoms with Gasteiger partial charge in [-0.05, 0) is 30.9 Å². The van der Waals surface area contributed by atoms with Crippen LogP contribution in [0.2, 0.25) is 0 Å². The molecule has 1 fully saturated rings. The molecule has 2 unspecified atom stereocenters. The van der Waals surface area contributed by atoms with E-state index < -0.39 is 0 Å². The second-order valence-corrected chi connectivity index (χ2v) is 4.80. The summed E-state index contributed by atoms with van der Waals surface area (Å²) in [5.41, 5.74) is 0.478. The van der Waals surface area contributed by atoms with E-state index in [-0.39, 0.29) is 11.9 Å². The monoisotopic (exact) mass is 252 g/mol. The number of hydrogen-bond acceptors (Lipinski definition) is 2. The molecule has 1 N–H and O–H groups in total. The Morgan fingerprint density at radius 1 is 1.41 bits per heavy atom.